The molecule has 14 heavy (non-hydrogen) atoms. The van der Waals surface area contributed by atoms with E-state index in [1.807, 2.05) is 0 Å². The summed E-state index contributed by atoms with van der Waals surface area (Å²) in [7, 11) is -1.09. The lowest BCUT2D eigenvalue weighted by Crippen LogP contribution is -2.23. The van der Waals surface area contributed by atoms with Crippen LogP contribution in [-0.2, 0) is 23.4 Å². The van der Waals surface area contributed by atoms with Crippen LogP contribution in [0.5, 0.6) is 0 Å². The number of hydrogen-bond acceptors (Lipinski definition) is 5. The van der Waals surface area contributed by atoms with Gasteiger partial charge in [0.25, 0.3) is 0 Å². The Morgan fingerprint density at radius 1 is 1.57 bits per heavy atom. The molecule has 7 heteroatoms. The van der Waals surface area contributed by atoms with Gasteiger partial charge >= 0.3 is 0 Å². The summed E-state index contributed by atoms with van der Waals surface area (Å²) in [5, 5.41) is 6.87. The first-order valence-electron chi connectivity index (χ1n) is 4.20. The van der Waals surface area contributed by atoms with Gasteiger partial charge in [-0.1, -0.05) is 0 Å². The SMILES string of the molecule is Cn1ncnc1CNCCS(C)(=O)=O. The average Bonchev–Trinajstić information content (AvgIpc) is 2.44. The van der Waals surface area contributed by atoms with Crippen LogP contribution in [0.1, 0.15) is 5.82 Å². The maximum absolute atomic E-state index is 10.8. The van der Waals surface area contributed by atoms with Gasteiger partial charge in [-0.05, 0) is 0 Å². The minimum atomic E-state index is -2.88. The van der Waals surface area contributed by atoms with Gasteiger partial charge in [-0.15, -0.1) is 0 Å². The lowest BCUT2D eigenvalue weighted by molar-refractivity contribution is 0.590. The second kappa shape index (κ2) is 4.52. The number of rotatable bonds is 5. The van der Waals surface area contributed by atoms with Crippen LogP contribution in [0.3, 0.4) is 0 Å². The van der Waals surface area contributed by atoms with E-state index in [9.17, 15) is 8.42 Å². The topological polar surface area (TPSA) is 76.9 Å². The normalized spacial score (nSPS) is 11.9. The van der Waals surface area contributed by atoms with Crippen molar-refractivity contribution in [3.63, 3.8) is 0 Å². The highest BCUT2D eigenvalue weighted by molar-refractivity contribution is 7.90. The van der Waals surface area contributed by atoms with Gasteiger partial charge in [0.15, 0.2) is 0 Å². The number of nitrogens with one attached hydrogen (secondary N) is 1. The molecule has 1 rings (SSSR count). The molecule has 0 saturated carbocycles. The second-order valence-electron chi connectivity index (χ2n) is 3.11. The highest BCUT2D eigenvalue weighted by atomic mass is 32.2. The fraction of sp³-hybridized carbons (Fsp3) is 0.714. The third-order valence-corrected chi connectivity index (χ3v) is 2.68. The molecule has 0 aliphatic heterocycles. The Morgan fingerprint density at radius 3 is 2.79 bits per heavy atom. The van der Waals surface area contributed by atoms with Crippen LogP contribution in [0.4, 0.5) is 0 Å². The molecule has 0 aromatic carbocycles. The largest absolute Gasteiger partial charge is 0.309 e. The monoisotopic (exact) mass is 218 g/mol. The van der Waals surface area contributed by atoms with Crippen LogP contribution in [0.15, 0.2) is 6.33 Å². The minimum absolute atomic E-state index is 0.144. The van der Waals surface area contributed by atoms with Gasteiger partial charge in [-0.3, -0.25) is 4.68 Å². The smallest absolute Gasteiger partial charge is 0.148 e. The zero-order valence-corrected chi connectivity index (χ0v) is 9.08. The molecular weight excluding hydrogens is 204 g/mol. The number of aryl methyl sites for hydroxylation is 1. The van der Waals surface area contributed by atoms with Crippen molar-refractivity contribution < 1.29 is 8.42 Å². The maximum atomic E-state index is 10.8. The molecule has 0 atom stereocenters. The van der Waals surface area contributed by atoms with E-state index in [4.69, 9.17) is 0 Å². The molecule has 1 aromatic heterocycles. The van der Waals surface area contributed by atoms with E-state index >= 15 is 0 Å². The molecular formula is C7H14N4O2S. The Kier molecular flexibility index (Phi) is 3.59. The lowest BCUT2D eigenvalue weighted by Gasteiger charge is -2.02. The van der Waals surface area contributed by atoms with E-state index in [0.717, 1.165) is 5.82 Å². The van der Waals surface area contributed by atoms with Crippen molar-refractivity contribution in [3.05, 3.63) is 12.2 Å². The van der Waals surface area contributed by atoms with E-state index in [-0.39, 0.29) is 5.75 Å². The second-order valence-corrected chi connectivity index (χ2v) is 5.37. The van der Waals surface area contributed by atoms with E-state index in [1.165, 1.54) is 12.6 Å². The van der Waals surface area contributed by atoms with E-state index in [2.05, 4.69) is 15.4 Å². The van der Waals surface area contributed by atoms with Crippen LogP contribution in [0.25, 0.3) is 0 Å². The summed E-state index contributed by atoms with van der Waals surface area (Å²) >= 11 is 0. The Hall–Kier alpha value is -0.950. The molecule has 0 spiro atoms. The zero-order chi connectivity index (χ0) is 10.6. The predicted octanol–water partition coefficient (Wildman–Crippen LogP) is -1.05. The van der Waals surface area contributed by atoms with Crippen LogP contribution in [0, 0.1) is 0 Å². The van der Waals surface area contributed by atoms with Crippen molar-refractivity contribution in [2.75, 3.05) is 18.6 Å². The van der Waals surface area contributed by atoms with Crippen molar-refractivity contribution in [1.29, 1.82) is 0 Å². The summed E-state index contributed by atoms with van der Waals surface area (Å²) < 4.78 is 23.2. The first-order chi connectivity index (χ1) is 6.49. The first-order valence-corrected chi connectivity index (χ1v) is 6.26. The van der Waals surface area contributed by atoms with E-state index in [0.29, 0.717) is 13.1 Å². The number of aromatic nitrogens is 3. The zero-order valence-electron chi connectivity index (χ0n) is 8.27. The van der Waals surface area contributed by atoms with Gasteiger partial charge in [0.2, 0.25) is 0 Å². The van der Waals surface area contributed by atoms with Gasteiger partial charge in [-0.2, -0.15) is 5.10 Å². The fourth-order valence-electron chi connectivity index (χ4n) is 0.938. The minimum Gasteiger partial charge on any atom is -0.309 e. The average molecular weight is 218 g/mol. The molecule has 1 N–H and O–H groups in total. The molecule has 0 unspecified atom stereocenters. The maximum Gasteiger partial charge on any atom is 0.148 e. The van der Waals surface area contributed by atoms with Crippen LogP contribution < -0.4 is 5.32 Å². The molecule has 1 aromatic rings. The molecule has 0 amide bonds. The molecule has 80 valence electrons. The van der Waals surface area contributed by atoms with E-state index in [1.54, 1.807) is 11.7 Å². The van der Waals surface area contributed by atoms with Crippen LogP contribution >= 0.6 is 0 Å². The van der Waals surface area contributed by atoms with Gasteiger partial charge < -0.3 is 5.32 Å². The fourth-order valence-corrected chi connectivity index (χ4v) is 1.45. The molecule has 0 bridgehead atoms. The molecule has 0 saturated heterocycles. The standard InChI is InChI=1S/C7H14N4O2S/c1-11-7(9-6-10-11)5-8-3-4-14(2,12)13/h6,8H,3-5H2,1-2H3. The highest BCUT2D eigenvalue weighted by Gasteiger charge is 2.02. The Balaban J connectivity index is 2.26. The third kappa shape index (κ3) is 3.84. The first kappa shape index (κ1) is 11.1. The van der Waals surface area contributed by atoms with Crippen molar-refractivity contribution in [3.8, 4) is 0 Å². The lowest BCUT2D eigenvalue weighted by atomic mass is 10.5. The highest BCUT2D eigenvalue weighted by Crippen LogP contribution is 1.89. The quantitative estimate of drug-likeness (QED) is 0.638. The Bertz CT molecular complexity index is 384. The summed E-state index contributed by atoms with van der Waals surface area (Å²) in [4.78, 5) is 3.99. The summed E-state index contributed by atoms with van der Waals surface area (Å²) in [6, 6.07) is 0. The summed E-state index contributed by atoms with van der Waals surface area (Å²) in [5.41, 5.74) is 0. The van der Waals surface area contributed by atoms with E-state index < -0.39 is 9.84 Å². The number of sulfone groups is 1. The number of nitrogens with zero attached hydrogens (tertiary/aromatic N) is 3. The van der Waals surface area contributed by atoms with Crippen LogP contribution in [-0.4, -0.2) is 41.7 Å². The predicted molar refractivity (Wildman–Crippen MR) is 52.4 cm³/mol. The molecule has 0 aliphatic carbocycles. The molecule has 0 aliphatic rings. The van der Waals surface area contributed by atoms with Crippen molar-refractivity contribution >= 4 is 9.84 Å². The van der Waals surface area contributed by atoms with Gasteiger partial charge in [0, 0.05) is 19.8 Å². The molecule has 0 radical (unpaired) electrons. The third-order valence-electron chi connectivity index (χ3n) is 1.74. The van der Waals surface area contributed by atoms with Crippen LogP contribution in [0.2, 0.25) is 0 Å². The Labute approximate surface area is 83.3 Å². The summed E-state index contributed by atoms with van der Waals surface area (Å²) in [6.45, 7) is 0.970. The van der Waals surface area contributed by atoms with Gasteiger partial charge in [0.1, 0.15) is 22.0 Å². The number of hydrogen-bond donors (Lipinski definition) is 1. The summed E-state index contributed by atoms with van der Waals surface area (Å²) in [5.74, 6) is 0.934. The van der Waals surface area contributed by atoms with Crippen molar-refractivity contribution in [1.82, 2.24) is 20.1 Å². The van der Waals surface area contributed by atoms with Crippen molar-refractivity contribution in [2.45, 2.75) is 6.54 Å². The van der Waals surface area contributed by atoms with Gasteiger partial charge in [0.05, 0.1) is 12.3 Å². The van der Waals surface area contributed by atoms with Crippen molar-refractivity contribution in [2.24, 2.45) is 7.05 Å². The Morgan fingerprint density at radius 2 is 2.29 bits per heavy atom. The summed E-state index contributed by atoms with van der Waals surface area (Å²) in [6.07, 6.45) is 2.69. The van der Waals surface area contributed by atoms with Gasteiger partial charge in [-0.25, -0.2) is 13.4 Å². The molecule has 6 nitrogen and oxygen atoms in total. The molecule has 0 fully saturated rings. The molecule has 1 heterocycles.